The van der Waals surface area contributed by atoms with Gasteiger partial charge in [-0.15, -0.1) is 0 Å². The van der Waals surface area contributed by atoms with Crippen LogP contribution in [-0.2, 0) is 4.84 Å². The molecule has 0 radical (unpaired) electrons. The smallest absolute Gasteiger partial charge is 0.229 e. The summed E-state index contributed by atoms with van der Waals surface area (Å²) >= 11 is 0. The SMILES string of the molecule is CN1CCN(c2ccc(Nc3ncc(C#N)c(N4OCCC4c4ccccc4)n3)cc2)CC1. The molecule has 33 heavy (non-hydrogen) atoms. The van der Waals surface area contributed by atoms with E-state index in [2.05, 4.69) is 62.5 Å². The zero-order chi connectivity index (χ0) is 22.6. The lowest BCUT2D eigenvalue weighted by molar-refractivity contribution is 0.156. The van der Waals surface area contributed by atoms with Crippen molar-refractivity contribution in [3.8, 4) is 6.07 Å². The van der Waals surface area contributed by atoms with Crippen molar-refractivity contribution < 1.29 is 4.84 Å². The van der Waals surface area contributed by atoms with E-state index in [1.807, 2.05) is 30.3 Å². The lowest BCUT2D eigenvalue weighted by Gasteiger charge is -2.34. The Morgan fingerprint density at radius 2 is 1.79 bits per heavy atom. The van der Waals surface area contributed by atoms with E-state index < -0.39 is 0 Å². The van der Waals surface area contributed by atoms with Crippen LogP contribution in [0, 0.1) is 11.3 Å². The minimum atomic E-state index is 0.00363. The molecule has 2 saturated heterocycles. The molecule has 1 atom stereocenters. The van der Waals surface area contributed by atoms with Gasteiger partial charge in [0, 0.05) is 44.0 Å². The fourth-order valence-corrected chi connectivity index (χ4v) is 4.29. The van der Waals surface area contributed by atoms with Gasteiger partial charge in [-0.25, -0.2) is 10.0 Å². The Morgan fingerprint density at radius 1 is 1.03 bits per heavy atom. The molecular weight excluding hydrogens is 414 g/mol. The Labute approximate surface area is 194 Å². The molecule has 168 valence electrons. The average molecular weight is 442 g/mol. The second-order valence-electron chi connectivity index (χ2n) is 8.38. The number of nitrogens with zero attached hydrogens (tertiary/aromatic N) is 6. The fourth-order valence-electron chi connectivity index (χ4n) is 4.29. The predicted octanol–water partition coefficient (Wildman–Crippen LogP) is 3.73. The molecule has 0 saturated carbocycles. The Balaban J connectivity index is 1.35. The van der Waals surface area contributed by atoms with Crippen LogP contribution in [0.4, 0.5) is 23.1 Å². The Morgan fingerprint density at radius 3 is 2.52 bits per heavy atom. The van der Waals surface area contributed by atoms with Crippen molar-refractivity contribution in [3.05, 3.63) is 71.9 Å². The van der Waals surface area contributed by atoms with Crippen LogP contribution in [0.2, 0.25) is 0 Å². The van der Waals surface area contributed by atoms with Gasteiger partial charge in [0.05, 0.1) is 18.8 Å². The van der Waals surface area contributed by atoms with Gasteiger partial charge in [0.25, 0.3) is 0 Å². The number of hydroxylamine groups is 1. The van der Waals surface area contributed by atoms with E-state index in [4.69, 9.17) is 4.84 Å². The summed E-state index contributed by atoms with van der Waals surface area (Å²) in [5.41, 5.74) is 3.62. The van der Waals surface area contributed by atoms with Gasteiger partial charge in [0.15, 0.2) is 5.82 Å². The Kier molecular flexibility index (Phi) is 6.07. The van der Waals surface area contributed by atoms with E-state index in [0.717, 1.165) is 43.9 Å². The monoisotopic (exact) mass is 441 g/mol. The van der Waals surface area contributed by atoms with Crippen LogP contribution in [0.3, 0.4) is 0 Å². The number of anilines is 4. The van der Waals surface area contributed by atoms with Gasteiger partial charge in [-0.2, -0.15) is 10.2 Å². The Hall–Kier alpha value is -3.67. The van der Waals surface area contributed by atoms with E-state index in [1.165, 1.54) is 5.69 Å². The fraction of sp³-hybridized carbons (Fsp3) is 0.320. The summed E-state index contributed by atoms with van der Waals surface area (Å²) in [6.45, 7) is 4.79. The van der Waals surface area contributed by atoms with Crippen molar-refractivity contribution >= 4 is 23.1 Å². The van der Waals surface area contributed by atoms with Gasteiger partial charge in [-0.1, -0.05) is 30.3 Å². The molecule has 0 aliphatic carbocycles. The molecule has 2 aromatic carbocycles. The first kappa shape index (κ1) is 21.2. The maximum atomic E-state index is 9.65. The number of hydrogen-bond acceptors (Lipinski definition) is 8. The number of nitriles is 1. The number of piperazine rings is 1. The van der Waals surface area contributed by atoms with Crippen LogP contribution in [0.5, 0.6) is 0 Å². The number of aromatic nitrogens is 2. The van der Waals surface area contributed by atoms with Crippen molar-refractivity contribution in [1.82, 2.24) is 14.9 Å². The van der Waals surface area contributed by atoms with Crippen molar-refractivity contribution in [2.45, 2.75) is 12.5 Å². The lowest BCUT2D eigenvalue weighted by Crippen LogP contribution is -2.44. The molecule has 0 spiro atoms. The maximum Gasteiger partial charge on any atom is 0.229 e. The average Bonchev–Trinajstić information content (AvgIpc) is 3.35. The standard InChI is InChI=1S/C25H27N7O/c1-30-12-14-31(15-13-30)22-9-7-21(8-10-22)28-25-27-18-20(17-26)24(29-25)32-23(11-16-33-32)19-5-3-2-4-6-19/h2-10,18,23H,11-16H2,1H3,(H,27,28,29). The van der Waals surface area contributed by atoms with Gasteiger partial charge in [0.2, 0.25) is 5.95 Å². The molecule has 0 bridgehead atoms. The molecule has 8 heteroatoms. The van der Waals surface area contributed by atoms with Crippen LogP contribution in [0.1, 0.15) is 23.6 Å². The number of likely N-dealkylation sites (N-methyl/N-ethyl adjacent to an activating group) is 1. The van der Waals surface area contributed by atoms with E-state index in [0.29, 0.717) is 23.9 Å². The quantitative estimate of drug-likeness (QED) is 0.642. The number of rotatable bonds is 5. The minimum Gasteiger partial charge on any atom is -0.369 e. The molecule has 3 aromatic rings. The summed E-state index contributed by atoms with van der Waals surface area (Å²) in [6.07, 6.45) is 2.38. The second-order valence-corrected chi connectivity index (χ2v) is 8.38. The van der Waals surface area contributed by atoms with Gasteiger partial charge in [-0.3, -0.25) is 4.84 Å². The normalized spacial score (nSPS) is 18.8. The van der Waals surface area contributed by atoms with Crippen molar-refractivity contribution in [3.63, 3.8) is 0 Å². The van der Waals surface area contributed by atoms with Gasteiger partial charge < -0.3 is 15.1 Å². The van der Waals surface area contributed by atoms with Crippen molar-refractivity contribution in [2.75, 3.05) is 55.1 Å². The van der Waals surface area contributed by atoms with E-state index in [1.54, 1.807) is 11.3 Å². The van der Waals surface area contributed by atoms with E-state index in [9.17, 15) is 5.26 Å². The van der Waals surface area contributed by atoms with Crippen LogP contribution in [0.25, 0.3) is 0 Å². The first-order chi connectivity index (χ1) is 16.2. The van der Waals surface area contributed by atoms with Gasteiger partial charge >= 0.3 is 0 Å². The van der Waals surface area contributed by atoms with Crippen molar-refractivity contribution in [2.24, 2.45) is 0 Å². The van der Waals surface area contributed by atoms with Gasteiger partial charge in [0.1, 0.15) is 11.6 Å². The largest absolute Gasteiger partial charge is 0.369 e. The molecule has 0 amide bonds. The minimum absolute atomic E-state index is 0.00363. The molecule has 2 fully saturated rings. The van der Waals surface area contributed by atoms with Gasteiger partial charge in [-0.05, 0) is 36.9 Å². The molecule has 1 aromatic heterocycles. The first-order valence-electron chi connectivity index (χ1n) is 11.3. The molecule has 8 nitrogen and oxygen atoms in total. The highest BCUT2D eigenvalue weighted by Crippen LogP contribution is 2.35. The highest BCUT2D eigenvalue weighted by molar-refractivity contribution is 5.62. The zero-order valence-corrected chi connectivity index (χ0v) is 18.7. The lowest BCUT2D eigenvalue weighted by atomic mass is 10.0. The third-order valence-corrected chi connectivity index (χ3v) is 6.18. The second kappa shape index (κ2) is 9.45. The summed E-state index contributed by atoms with van der Waals surface area (Å²) in [7, 11) is 2.16. The van der Waals surface area contributed by atoms with E-state index >= 15 is 0 Å². The number of hydrogen-bond donors (Lipinski definition) is 1. The highest BCUT2D eigenvalue weighted by Gasteiger charge is 2.31. The van der Waals surface area contributed by atoms with Crippen LogP contribution < -0.4 is 15.3 Å². The summed E-state index contributed by atoms with van der Waals surface area (Å²) in [5.74, 6) is 0.911. The van der Waals surface area contributed by atoms with Crippen LogP contribution in [-0.4, -0.2) is 54.7 Å². The molecule has 2 aliphatic heterocycles. The third-order valence-electron chi connectivity index (χ3n) is 6.18. The summed E-state index contributed by atoms with van der Waals surface area (Å²) in [4.78, 5) is 19.7. The molecule has 1 N–H and O–H groups in total. The predicted molar refractivity (Wildman–Crippen MR) is 128 cm³/mol. The first-order valence-corrected chi connectivity index (χ1v) is 11.3. The number of nitrogens with one attached hydrogen (secondary N) is 1. The van der Waals surface area contributed by atoms with Crippen molar-refractivity contribution in [1.29, 1.82) is 5.26 Å². The summed E-state index contributed by atoms with van der Waals surface area (Å²) in [6, 6.07) is 20.7. The maximum absolute atomic E-state index is 9.65. The third kappa shape index (κ3) is 4.60. The highest BCUT2D eigenvalue weighted by atomic mass is 16.7. The van der Waals surface area contributed by atoms with E-state index in [-0.39, 0.29) is 6.04 Å². The summed E-state index contributed by atoms with van der Waals surface area (Å²) in [5, 5.41) is 14.7. The topological polar surface area (TPSA) is 80.5 Å². The van der Waals surface area contributed by atoms with Crippen LogP contribution >= 0.6 is 0 Å². The molecule has 5 rings (SSSR count). The molecule has 3 heterocycles. The molecular formula is C25H27N7O. The summed E-state index contributed by atoms with van der Waals surface area (Å²) < 4.78 is 0. The number of benzene rings is 2. The Bertz CT molecular complexity index is 1120. The van der Waals surface area contributed by atoms with Crippen LogP contribution in [0.15, 0.2) is 60.8 Å². The molecule has 2 aliphatic rings. The molecule has 1 unspecified atom stereocenters. The zero-order valence-electron chi connectivity index (χ0n) is 18.7.